The molecule has 0 aromatic carbocycles. The van der Waals surface area contributed by atoms with Crippen molar-refractivity contribution in [1.82, 2.24) is 0 Å². The van der Waals surface area contributed by atoms with Gasteiger partial charge < -0.3 is 9.47 Å². The highest BCUT2D eigenvalue weighted by Gasteiger charge is 2.14. The van der Waals surface area contributed by atoms with Crippen molar-refractivity contribution in [2.75, 3.05) is 13.7 Å². The lowest BCUT2D eigenvalue weighted by atomic mass is 10.0. The highest BCUT2D eigenvalue weighted by atomic mass is 16.5. The van der Waals surface area contributed by atoms with Gasteiger partial charge in [0.1, 0.15) is 6.10 Å². The monoisotopic (exact) mass is 398 g/mol. The lowest BCUT2D eigenvalue weighted by Gasteiger charge is -2.17. The third kappa shape index (κ3) is 20.2. The number of hydrogen-bond acceptors (Lipinski definition) is 3. The first-order valence-corrected chi connectivity index (χ1v) is 12.4. The zero-order valence-corrected chi connectivity index (χ0v) is 19.4. The van der Waals surface area contributed by atoms with Crippen LogP contribution in [0.1, 0.15) is 136 Å². The first-order chi connectivity index (χ1) is 13.7. The first kappa shape index (κ1) is 27.4. The molecule has 0 spiro atoms. The third-order valence-electron chi connectivity index (χ3n) is 5.56. The Hall–Kier alpha value is -0.570. The van der Waals surface area contributed by atoms with E-state index in [1.54, 1.807) is 7.11 Å². The number of carbonyl (C=O) groups excluding carboxylic acids is 1. The highest BCUT2D eigenvalue weighted by Crippen LogP contribution is 2.15. The zero-order valence-electron chi connectivity index (χ0n) is 19.4. The molecule has 0 radical (unpaired) electrons. The van der Waals surface area contributed by atoms with Gasteiger partial charge in [0.05, 0.1) is 0 Å². The van der Waals surface area contributed by atoms with E-state index in [2.05, 4.69) is 13.8 Å². The molecular formula is C25H50O3. The lowest BCUT2D eigenvalue weighted by Crippen LogP contribution is -2.20. The Kier molecular flexibility index (Phi) is 22.3. The number of esters is 1. The number of carbonyl (C=O) groups is 1. The Labute approximate surface area is 176 Å². The molecule has 0 rings (SSSR count). The Balaban J connectivity index is 3.72. The van der Waals surface area contributed by atoms with Gasteiger partial charge in [-0.1, -0.05) is 104 Å². The van der Waals surface area contributed by atoms with Crippen LogP contribution >= 0.6 is 0 Å². The zero-order chi connectivity index (χ0) is 20.7. The van der Waals surface area contributed by atoms with Gasteiger partial charge in [-0.3, -0.25) is 4.79 Å². The molecule has 3 nitrogen and oxygen atoms in total. The van der Waals surface area contributed by atoms with Crippen molar-refractivity contribution in [2.45, 2.75) is 142 Å². The molecule has 1 unspecified atom stereocenters. The van der Waals surface area contributed by atoms with Crippen LogP contribution in [0.2, 0.25) is 0 Å². The largest absolute Gasteiger partial charge is 0.462 e. The molecule has 0 aliphatic heterocycles. The van der Waals surface area contributed by atoms with Gasteiger partial charge in [0.15, 0.2) is 0 Å². The minimum absolute atomic E-state index is 0.00741. The first-order valence-electron chi connectivity index (χ1n) is 12.4. The fraction of sp³-hybridized carbons (Fsp3) is 0.960. The Morgan fingerprint density at radius 3 is 1.61 bits per heavy atom. The summed E-state index contributed by atoms with van der Waals surface area (Å²) in [5.41, 5.74) is 0. The van der Waals surface area contributed by atoms with E-state index in [0.29, 0.717) is 13.0 Å². The summed E-state index contributed by atoms with van der Waals surface area (Å²) in [6.45, 7) is 5.18. The van der Waals surface area contributed by atoms with Crippen molar-refractivity contribution >= 4 is 5.97 Å². The molecule has 0 aromatic rings. The fourth-order valence-electron chi connectivity index (χ4n) is 3.67. The van der Waals surface area contributed by atoms with Crippen molar-refractivity contribution in [2.24, 2.45) is 0 Å². The molecule has 0 heterocycles. The molecule has 3 heteroatoms. The second kappa shape index (κ2) is 22.7. The molecule has 0 aliphatic carbocycles. The molecule has 1 atom stereocenters. The Morgan fingerprint density at radius 1 is 0.643 bits per heavy atom. The average Bonchev–Trinajstić information content (AvgIpc) is 2.69. The van der Waals surface area contributed by atoms with Gasteiger partial charge in [0.2, 0.25) is 0 Å². The van der Waals surface area contributed by atoms with Crippen LogP contribution in [-0.4, -0.2) is 25.8 Å². The third-order valence-corrected chi connectivity index (χ3v) is 5.56. The molecule has 0 N–H and O–H groups in total. The predicted molar refractivity (Wildman–Crippen MR) is 121 cm³/mol. The van der Waals surface area contributed by atoms with Gasteiger partial charge in [0, 0.05) is 26.6 Å². The van der Waals surface area contributed by atoms with Gasteiger partial charge in [0.25, 0.3) is 0 Å². The maximum absolute atomic E-state index is 12.2. The van der Waals surface area contributed by atoms with Gasteiger partial charge in [-0.15, -0.1) is 0 Å². The Morgan fingerprint density at radius 2 is 1.11 bits per heavy atom. The van der Waals surface area contributed by atoms with Crippen molar-refractivity contribution in [3.8, 4) is 0 Å². The van der Waals surface area contributed by atoms with Crippen LogP contribution in [0.5, 0.6) is 0 Å². The molecular weight excluding hydrogens is 348 g/mol. The number of methoxy groups -OCH3 is 1. The minimum atomic E-state index is -0.00741. The SMILES string of the molecule is CCCCCCCCCCCC(=O)OC(CCCCCCCCC)CCOC. The van der Waals surface area contributed by atoms with Crippen LogP contribution in [0.15, 0.2) is 0 Å². The second-order valence-corrected chi connectivity index (χ2v) is 8.38. The van der Waals surface area contributed by atoms with E-state index >= 15 is 0 Å². The van der Waals surface area contributed by atoms with Crippen LogP contribution < -0.4 is 0 Å². The van der Waals surface area contributed by atoms with Gasteiger partial charge >= 0.3 is 5.97 Å². The molecule has 0 saturated carbocycles. The average molecular weight is 399 g/mol. The van der Waals surface area contributed by atoms with E-state index in [-0.39, 0.29) is 12.1 Å². The molecule has 0 saturated heterocycles. The number of rotatable bonds is 22. The van der Waals surface area contributed by atoms with Crippen molar-refractivity contribution < 1.29 is 14.3 Å². The number of hydrogen-bond donors (Lipinski definition) is 0. The van der Waals surface area contributed by atoms with Crippen molar-refractivity contribution in [3.05, 3.63) is 0 Å². The summed E-state index contributed by atoms with van der Waals surface area (Å²) < 4.78 is 10.9. The van der Waals surface area contributed by atoms with Crippen LogP contribution in [0.3, 0.4) is 0 Å². The smallest absolute Gasteiger partial charge is 0.306 e. The van der Waals surface area contributed by atoms with Gasteiger partial charge in [-0.2, -0.15) is 0 Å². The molecule has 0 fully saturated rings. The summed E-state index contributed by atoms with van der Waals surface area (Å²) in [5, 5.41) is 0. The van der Waals surface area contributed by atoms with Crippen LogP contribution in [0.4, 0.5) is 0 Å². The summed E-state index contributed by atoms with van der Waals surface area (Å²) in [6, 6.07) is 0. The summed E-state index contributed by atoms with van der Waals surface area (Å²) in [5.74, 6) is -0.00741. The lowest BCUT2D eigenvalue weighted by molar-refractivity contribution is -0.150. The summed E-state index contributed by atoms with van der Waals surface area (Å²) in [7, 11) is 1.72. The van der Waals surface area contributed by atoms with Gasteiger partial charge in [-0.25, -0.2) is 0 Å². The quantitative estimate of drug-likeness (QED) is 0.137. The second-order valence-electron chi connectivity index (χ2n) is 8.38. The van der Waals surface area contributed by atoms with E-state index in [4.69, 9.17) is 9.47 Å². The summed E-state index contributed by atoms with van der Waals surface area (Å²) in [6.07, 6.45) is 23.0. The van der Waals surface area contributed by atoms with E-state index < -0.39 is 0 Å². The molecule has 0 bridgehead atoms. The van der Waals surface area contributed by atoms with E-state index in [9.17, 15) is 4.79 Å². The van der Waals surface area contributed by atoms with E-state index in [1.165, 1.54) is 83.5 Å². The van der Waals surface area contributed by atoms with E-state index in [1.807, 2.05) is 0 Å². The van der Waals surface area contributed by atoms with Crippen LogP contribution in [0.25, 0.3) is 0 Å². The molecule has 28 heavy (non-hydrogen) atoms. The Bertz CT molecular complexity index is 317. The molecule has 0 amide bonds. The molecule has 0 aliphatic rings. The van der Waals surface area contributed by atoms with Gasteiger partial charge in [-0.05, 0) is 19.3 Å². The molecule has 168 valence electrons. The minimum Gasteiger partial charge on any atom is -0.462 e. The van der Waals surface area contributed by atoms with Crippen molar-refractivity contribution in [1.29, 1.82) is 0 Å². The maximum atomic E-state index is 12.2. The maximum Gasteiger partial charge on any atom is 0.306 e. The predicted octanol–water partition coefficient (Wildman–Crippen LogP) is 8.00. The van der Waals surface area contributed by atoms with Crippen LogP contribution in [0, 0.1) is 0 Å². The normalized spacial score (nSPS) is 12.2. The topological polar surface area (TPSA) is 35.5 Å². The summed E-state index contributed by atoms with van der Waals surface area (Å²) in [4.78, 5) is 12.2. The number of ether oxygens (including phenoxy) is 2. The highest BCUT2D eigenvalue weighted by molar-refractivity contribution is 5.69. The van der Waals surface area contributed by atoms with Crippen molar-refractivity contribution in [3.63, 3.8) is 0 Å². The van der Waals surface area contributed by atoms with E-state index in [0.717, 1.165) is 32.1 Å². The fourth-order valence-corrected chi connectivity index (χ4v) is 3.67. The number of unbranched alkanes of at least 4 members (excludes halogenated alkanes) is 14. The molecule has 0 aromatic heterocycles. The standard InChI is InChI=1S/C25H50O3/c1-4-6-8-10-12-13-15-17-19-21-25(26)28-24(22-23-27-3)20-18-16-14-11-9-7-5-2/h24H,4-23H2,1-3H3. The summed E-state index contributed by atoms with van der Waals surface area (Å²) >= 11 is 0. The van der Waals surface area contributed by atoms with Crippen LogP contribution in [-0.2, 0) is 14.3 Å².